The van der Waals surface area contributed by atoms with Crippen LogP contribution in [-0.4, -0.2) is 65.3 Å². The number of hydrogen-bond acceptors (Lipinski definition) is 4. The zero-order valence-corrected chi connectivity index (χ0v) is 15.2. The van der Waals surface area contributed by atoms with Crippen molar-refractivity contribution in [3.63, 3.8) is 0 Å². The molecular weight excluding hydrogens is 334 g/mol. The van der Waals surface area contributed by atoms with E-state index in [0.717, 1.165) is 17.4 Å². The van der Waals surface area contributed by atoms with Crippen molar-refractivity contribution in [3.05, 3.63) is 36.0 Å². The Morgan fingerprint density at radius 2 is 2.12 bits per heavy atom. The van der Waals surface area contributed by atoms with Crippen LogP contribution >= 0.6 is 0 Å². The molecule has 1 aliphatic rings. The van der Waals surface area contributed by atoms with Gasteiger partial charge in [-0.15, -0.1) is 0 Å². The summed E-state index contributed by atoms with van der Waals surface area (Å²) in [6, 6.07) is 7.78. The van der Waals surface area contributed by atoms with Crippen LogP contribution in [0.25, 0.3) is 10.9 Å². The number of hydrogen-bond donors (Lipinski definition) is 2. The predicted octanol–water partition coefficient (Wildman–Crippen LogP) is 1.00. The molecule has 26 heavy (non-hydrogen) atoms. The normalized spacial score (nSPS) is 20.8. The predicted molar refractivity (Wildman–Crippen MR) is 98.0 cm³/mol. The van der Waals surface area contributed by atoms with E-state index in [9.17, 15) is 14.7 Å². The average molecular weight is 359 g/mol. The van der Waals surface area contributed by atoms with Gasteiger partial charge in [0.15, 0.2) is 0 Å². The fraction of sp³-hybridized carbons (Fsp3) is 0.474. The molecule has 0 bridgehead atoms. The molecule has 2 aromatic rings. The number of aryl methyl sites for hydroxylation is 1. The number of amides is 2. The van der Waals surface area contributed by atoms with Crippen molar-refractivity contribution in [3.8, 4) is 0 Å². The highest BCUT2D eigenvalue weighted by Crippen LogP contribution is 2.25. The Labute approximate surface area is 152 Å². The summed E-state index contributed by atoms with van der Waals surface area (Å²) in [4.78, 5) is 26.5. The number of β-amino-alcohol motifs (C(OH)–C–C–N with tert-alkyl or cyclic N) is 1. The monoisotopic (exact) mass is 359 g/mol. The van der Waals surface area contributed by atoms with Gasteiger partial charge in [-0.2, -0.15) is 0 Å². The molecule has 0 radical (unpaired) electrons. The van der Waals surface area contributed by atoms with Crippen LogP contribution in [0.1, 0.15) is 23.7 Å². The molecular formula is C19H25N3O4. The van der Waals surface area contributed by atoms with E-state index in [1.54, 1.807) is 4.90 Å². The Balaban J connectivity index is 1.90. The first-order chi connectivity index (χ1) is 12.5. The molecule has 1 aromatic carbocycles. The number of ether oxygens (including phenoxy) is 1. The van der Waals surface area contributed by atoms with E-state index < -0.39 is 5.60 Å². The van der Waals surface area contributed by atoms with Gasteiger partial charge >= 0.3 is 0 Å². The first-order valence-electron chi connectivity index (χ1n) is 8.85. The zero-order chi connectivity index (χ0) is 18.7. The summed E-state index contributed by atoms with van der Waals surface area (Å²) in [6.07, 6.45) is 1.75. The molecule has 2 amide bonds. The van der Waals surface area contributed by atoms with Gasteiger partial charge in [0.25, 0.3) is 5.91 Å². The number of aliphatic hydroxyl groups is 1. The highest BCUT2D eigenvalue weighted by atomic mass is 16.5. The van der Waals surface area contributed by atoms with Crippen LogP contribution in [0.3, 0.4) is 0 Å². The second-order valence-corrected chi connectivity index (χ2v) is 6.70. The molecule has 2 N–H and O–H groups in total. The Morgan fingerprint density at radius 1 is 1.35 bits per heavy atom. The maximum atomic E-state index is 13.2. The summed E-state index contributed by atoms with van der Waals surface area (Å²) in [5, 5.41) is 14.2. The second-order valence-electron chi connectivity index (χ2n) is 6.70. The van der Waals surface area contributed by atoms with Crippen molar-refractivity contribution in [2.24, 2.45) is 0 Å². The van der Waals surface area contributed by atoms with Crippen LogP contribution in [0, 0.1) is 0 Å². The molecule has 1 aliphatic heterocycles. The lowest BCUT2D eigenvalue weighted by Gasteiger charge is -2.30. The van der Waals surface area contributed by atoms with E-state index in [4.69, 9.17) is 4.74 Å². The van der Waals surface area contributed by atoms with E-state index in [-0.39, 0.29) is 31.4 Å². The van der Waals surface area contributed by atoms with Gasteiger partial charge in [0, 0.05) is 37.2 Å². The minimum atomic E-state index is -1.39. The molecule has 1 fully saturated rings. The molecule has 7 heteroatoms. The lowest BCUT2D eigenvalue weighted by Crippen LogP contribution is -2.49. The van der Waals surface area contributed by atoms with E-state index in [2.05, 4.69) is 5.32 Å². The van der Waals surface area contributed by atoms with Gasteiger partial charge in [-0.25, -0.2) is 0 Å². The quantitative estimate of drug-likeness (QED) is 0.853. The summed E-state index contributed by atoms with van der Waals surface area (Å²) in [7, 11) is 1.52. The molecule has 7 nitrogen and oxygen atoms in total. The molecule has 1 saturated heterocycles. The van der Waals surface area contributed by atoms with E-state index >= 15 is 0 Å². The summed E-state index contributed by atoms with van der Waals surface area (Å²) >= 11 is 0. The zero-order valence-electron chi connectivity index (χ0n) is 15.2. The largest absolute Gasteiger partial charge is 0.385 e. The minimum Gasteiger partial charge on any atom is -0.385 e. The van der Waals surface area contributed by atoms with Crippen molar-refractivity contribution in [1.82, 2.24) is 14.8 Å². The molecule has 1 aromatic heterocycles. The number of nitrogens with zero attached hydrogens (tertiary/aromatic N) is 2. The summed E-state index contributed by atoms with van der Waals surface area (Å²) in [5.41, 5.74) is 0.215. The maximum Gasteiger partial charge on any atom is 0.256 e. The van der Waals surface area contributed by atoms with Crippen molar-refractivity contribution in [1.29, 1.82) is 0 Å². The summed E-state index contributed by atoms with van der Waals surface area (Å²) < 4.78 is 7.49. The highest BCUT2D eigenvalue weighted by molar-refractivity contribution is 6.07. The van der Waals surface area contributed by atoms with Gasteiger partial charge in [-0.3, -0.25) is 9.59 Å². The Kier molecular flexibility index (Phi) is 5.29. The molecule has 140 valence electrons. The van der Waals surface area contributed by atoms with Crippen LogP contribution in [0.5, 0.6) is 0 Å². The number of para-hydroxylation sites is 1. The standard InChI is InChI=1S/C19H25N3O4/c1-3-21-11-15(14-6-4-5-7-16(14)21)18(24)22-8-9-26-13-19(25,12-22)10-17(23)20-2/h4-7,11,25H,3,8-10,12-13H2,1-2H3,(H,20,23)/t19-/m0/s1. The van der Waals surface area contributed by atoms with Crippen LogP contribution in [-0.2, 0) is 16.1 Å². The van der Waals surface area contributed by atoms with Crippen LogP contribution in [0.2, 0.25) is 0 Å². The SMILES string of the molecule is CCn1cc(C(=O)N2CCOC[C@](O)(CC(=O)NC)C2)c2ccccc21. The minimum absolute atomic E-state index is 0.0287. The molecule has 1 atom stereocenters. The number of aromatic nitrogens is 1. The van der Waals surface area contributed by atoms with Crippen molar-refractivity contribution >= 4 is 22.7 Å². The second kappa shape index (κ2) is 7.47. The van der Waals surface area contributed by atoms with Crippen LogP contribution < -0.4 is 5.32 Å². The lowest BCUT2D eigenvalue weighted by atomic mass is 9.99. The van der Waals surface area contributed by atoms with Gasteiger partial charge in [0.1, 0.15) is 5.60 Å². The van der Waals surface area contributed by atoms with E-state index in [1.807, 2.05) is 42.0 Å². The topological polar surface area (TPSA) is 83.8 Å². The van der Waals surface area contributed by atoms with Gasteiger partial charge in [0.05, 0.1) is 31.7 Å². The highest BCUT2D eigenvalue weighted by Gasteiger charge is 2.37. The number of nitrogens with one attached hydrogen (secondary N) is 1. The van der Waals surface area contributed by atoms with E-state index in [1.165, 1.54) is 7.05 Å². The number of fused-ring (bicyclic) bond motifs is 1. The fourth-order valence-corrected chi connectivity index (χ4v) is 3.43. The van der Waals surface area contributed by atoms with Crippen molar-refractivity contribution in [2.75, 3.05) is 33.4 Å². The number of benzene rings is 1. The number of rotatable bonds is 4. The van der Waals surface area contributed by atoms with Gasteiger partial charge in [0.2, 0.25) is 5.91 Å². The molecule has 2 heterocycles. The van der Waals surface area contributed by atoms with Crippen molar-refractivity contribution < 1.29 is 19.4 Å². The third kappa shape index (κ3) is 3.59. The molecule has 0 saturated carbocycles. The Bertz CT molecular complexity index is 816. The average Bonchev–Trinajstić information content (AvgIpc) is 2.91. The van der Waals surface area contributed by atoms with Crippen LogP contribution in [0.15, 0.2) is 30.5 Å². The molecule has 3 rings (SSSR count). The maximum absolute atomic E-state index is 13.2. The first kappa shape index (κ1) is 18.4. The van der Waals surface area contributed by atoms with E-state index in [0.29, 0.717) is 18.7 Å². The lowest BCUT2D eigenvalue weighted by molar-refractivity contribution is -0.128. The van der Waals surface area contributed by atoms with Crippen LogP contribution in [0.4, 0.5) is 0 Å². The Morgan fingerprint density at radius 3 is 2.85 bits per heavy atom. The van der Waals surface area contributed by atoms with Gasteiger partial charge in [-0.05, 0) is 13.0 Å². The summed E-state index contributed by atoms with van der Waals surface area (Å²) in [6.45, 7) is 3.58. The third-order valence-corrected chi connectivity index (χ3v) is 4.78. The smallest absolute Gasteiger partial charge is 0.256 e. The number of carbonyl (C=O) groups is 2. The third-order valence-electron chi connectivity index (χ3n) is 4.78. The molecule has 0 spiro atoms. The summed E-state index contributed by atoms with van der Waals surface area (Å²) in [5.74, 6) is -0.442. The van der Waals surface area contributed by atoms with Gasteiger partial charge in [-0.1, -0.05) is 18.2 Å². The van der Waals surface area contributed by atoms with Crippen molar-refractivity contribution in [2.45, 2.75) is 25.5 Å². The Hall–Kier alpha value is -2.38. The first-order valence-corrected chi connectivity index (χ1v) is 8.85. The molecule has 0 aliphatic carbocycles. The number of carbonyl (C=O) groups excluding carboxylic acids is 2. The fourth-order valence-electron chi connectivity index (χ4n) is 3.43. The molecule has 0 unspecified atom stereocenters. The van der Waals surface area contributed by atoms with Gasteiger partial charge < -0.3 is 24.6 Å².